The van der Waals surface area contributed by atoms with Gasteiger partial charge in [0.1, 0.15) is 36.2 Å². The number of likely N-dealkylation sites (N-methyl/N-ethyl adjacent to an activating group) is 1. The lowest BCUT2D eigenvalue weighted by Crippen LogP contribution is -2.57. The van der Waals surface area contributed by atoms with E-state index in [0.717, 1.165) is 11.1 Å². The van der Waals surface area contributed by atoms with Crippen LogP contribution in [0.4, 0.5) is 0 Å². The van der Waals surface area contributed by atoms with Crippen LogP contribution in [0.1, 0.15) is 54.6 Å². The first-order valence-electron chi connectivity index (χ1n) is 18.0. The second-order valence-corrected chi connectivity index (χ2v) is 13.7. The molecule has 3 atom stereocenters. The van der Waals surface area contributed by atoms with Crippen molar-refractivity contribution < 1.29 is 33.4 Å². The normalized spacial score (nSPS) is 21.4. The molecule has 0 unspecified atom stereocenters. The first-order valence-corrected chi connectivity index (χ1v) is 18.0. The minimum absolute atomic E-state index is 0.0600. The van der Waals surface area contributed by atoms with Gasteiger partial charge in [0.2, 0.25) is 17.7 Å². The largest absolute Gasteiger partial charge is 0.491 e. The van der Waals surface area contributed by atoms with Gasteiger partial charge in [-0.2, -0.15) is 0 Å². The van der Waals surface area contributed by atoms with Crippen molar-refractivity contribution in [3.8, 4) is 11.5 Å². The van der Waals surface area contributed by atoms with Crippen LogP contribution in [0.15, 0.2) is 78.9 Å². The Bertz CT molecular complexity index is 1700. The van der Waals surface area contributed by atoms with Gasteiger partial charge in [0, 0.05) is 26.6 Å². The molecule has 3 aliphatic heterocycles. The lowest BCUT2D eigenvalue weighted by molar-refractivity contribution is -0.147. The topological polar surface area (TPSA) is 146 Å². The average Bonchev–Trinajstić information content (AvgIpc) is 3.64. The van der Waals surface area contributed by atoms with Crippen molar-refractivity contribution in [3.63, 3.8) is 0 Å². The predicted molar refractivity (Wildman–Crippen MR) is 196 cm³/mol. The summed E-state index contributed by atoms with van der Waals surface area (Å²) in [7, 11) is 1.62. The van der Waals surface area contributed by atoms with Crippen LogP contribution >= 0.6 is 0 Å². The highest BCUT2D eigenvalue weighted by molar-refractivity contribution is 6.00. The zero-order valence-electron chi connectivity index (χ0n) is 30.1. The molecular formula is C40H49N5O7. The summed E-state index contributed by atoms with van der Waals surface area (Å²) in [6, 6.07) is 21.0. The molecule has 1 fully saturated rings. The van der Waals surface area contributed by atoms with Gasteiger partial charge in [-0.05, 0) is 67.0 Å². The quantitative estimate of drug-likeness (QED) is 0.353. The molecule has 3 aromatic carbocycles. The molecule has 276 valence electrons. The number of hydrogen-bond acceptors (Lipinski definition) is 7. The molecule has 2 bridgehead atoms. The minimum Gasteiger partial charge on any atom is -0.491 e. The summed E-state index contributed by atoms with van der Waals surface area (Å²) in [4.78, 5) is 71.4. The fraction of sp³-hybridized carbons (Fsp3) is 0.425. The van der Waals surface area contributed by atoms with Gasteiger partial charge in [0.25, 0.3) is 11.8 Å². The third-order valence-corrected chi connectivity index (χ3v) is 9.34. The van der Waals surface area contributed by atoms with Crippen molar-refractivity contribution >= 4 is 29.5 Å². The number of carbonyl (C=O) groups excluding carboxylic acids is 5. The summed E-state index contributed by atoms with van der Waals surface area (Å²) < 4.78 is 11.5. The van der Waals surface area contributed by atoms with Gasteiger partial charge in [-0.3, -0.25) is 24.0 Å². The Kier molecular flexibility index (Phi) is 13.3. The van der Waals surface area contributed by atoms with Crippen molar-refractivity contribution in [2.24, 2.45) is 5.92 Å². The van der Waals surface area contributed by atoms with Gasteiger partial charge in [0.05, 0.1) is 12.1 Å². The molecule has 52 heavy (non-hydrogen) atoms. The summed E-state index contributed by atoms with van der Waals surface area (Å²) in [5, 5.41) is 8.69. The Morgan fingerprint density at radius 1 is 0.827 bits per heavy atom. The number of fused-ring (bicyclic) bond motifs is 17. The van der Waals surface area contributed by atoms with Crippen molar-refractivity contribution in [3.05, 3.63) is 95.6 Å². The van der Waals surface area contributed by atoms with E-state index < -0.39 is 24.0 Å². The van der Waals surface area contributed by atoms with Crippen molar-refractivity contribution in [1.29, 1.82) is 0 Å². The summed E-state index contributed by atoms with van der Waals surface area (Å²) >= 11 is 0. The molecular weight excluding hydrogens is 662 g/mol. The summed E-state index contributed by atoms with van der Waals surface area (Å²) in [5.41, 5.74) is 2.10. The number of nitrogens with zero attached hydrogens (tertiary/aromatic N) is 2. The lowest BCUT2D eigenvalue weighted by Gasteiger charge is -2.34. The molecule has 3 N–H and O–H groups in total. The van der Waals surface area contributed by atoms with Crippen LogP contribution in [-0.4, -0.2) is 97.4 Å². The van der Waals surface area contributed by atoms with Crippen LogP contribution < -0.4 is 25.4 Å². The number of para-hydroxylation sites is 1. The highest BCUT2D eigenvalue weighted by Crippen LogP contribution is 2.25. The van der Waals surface area contributed by atoms with Crippen LogP contribution in [0, 0.1) is 5.92 Å². The molecule has 1 saturated heterocycles. The van der Waals surface area contributed by atoms with Crippen molar-refractivity contribution in [2.45, 2.75) is 64.1 Å². The number of benzene rings is 3. The van der Waals surface area contributed by atoms with Gasteiger partial charge >= 0.3 is 0 Å². The van der Waals surface area contributed by atoms with Crippen molar-refractivity contribution in [2.75, 3.05) is 39.9 Å². The van der Waals surface area contributed by atoms with Crippen LogP contribution in [0.5, 0.6) is 11.5 Å². The van der Waals surface area contributed by atoms with E-state index in [1.165, 1.54) is 4.90 Å². The second-order valence-electron chi connectivity index (χ2n) is 13.7. The highest BCUT2D eigenvalue weighted by atomic mass is 16.5. The summed E-state index contributed by atoms with van der Waals surface area (Å²) in [5.74, 6) is -0.880. The maximum absolute atomic E-state index is 14.2. The Hall–Kier alpha value is -5.39. The van der Waals surface area contributed by atoms with Gasteiger partial charge in [-0.15, -0.1) is 0 Å². The SMILES string of the molecule is CC(C)C[C@H]1NC(=O)c2ccccc2OCCNC(=O)COc2ccc(cc2)CCNC(=O)[C@H](Cc2ccccc2)N(C)C(=O)[C@H]2CCCN2C1=O. The molecule has 0 spiro atoms. The maximum Gasteiger partial charge on any atom is 0.258 e. The summed E-state index contributed by atoms with van der Waals surface area (Å²) in [6.07, 6.45) is 2.26. The van der Waals surface area contributed by atoms with Crippen LogP contribution in [-0.2, 0) is 32.0 Å². The third kappa shape index (κ3) is 10.1. The number of ether oxygens (including phenoxy) is 2. The average molecular weight is 712 g/mol. The number of amides is 5. The van der Waals surface area contributed by atoms with Gasteiger partial charge in [-0.1, -0.05) is 68.4 Å². The first-order chi connectivity index (χ1) is 25.1. The molecule has 12 heteroatoms. The zero-order chi connectivity index (χ0) is 37.0. The van der Waals surface area contributed by atoms with E-state index in [2.05, 4.69) is 16.0 Å². The molecule has 0 saturated carbocycles. The highest BCUT2D eigenvalue weighted by Gasteiger charge is 2.41. The summed E-state index contributed by atoms with van der Waals surface area (Å²) in [6.45, 7) is 4.73. The maximum atomic E-state index is 14.2. The van der Waals surface area contributed by atoms with E-state index in [1.54, 1.807) is 48.3 Å². The van der Waals surface area contributed by atoms with E-state index in [4.69, 9.17) is 9.47 Å². The minimum atomic E-state index is -0.894. The van der Waals surface area contributed by atoms with Gasteiger partial charge in [-0.25, -0.2) is 0 Å². The standard InChI is InChI=1S/C40H49N5O7/c1-27(2)24-32-39(49)45-22-9-13-33(45)40(50)44(3)34(25-29-10-5-4-6-11-29)38(48)42-20-19-28-15-17-30(18-16-28)52-26-36(46)41-21-23-51-35-14-8-7-12-31(35)37(47)43-32/h4-8,10-12,14-18,27,32-34H,9,13,19-26H2,1-3H3,(H,41,46)(H,42,48)(H,43,47)/t32-,33-,34+/m1/s1. The fourth-order valence-electron chi connectivity index (χ4n) is 6.58. The van der Waals surface area contributed by atoms with E-state index >= 15 is 0 Å². The fourth-order valence-corrected chi connectivity index (χ4v) is 6.58. The Balaban J connectivity index is 1.42. The Labute approximate surface area is 305 Å². The molecule has 5 amide bonds. The number of hydrogen-bond donors (Lipinski definition) is 3. The molecule has 0 aliphatic carbocycles. The van der Waals surface area contributed by atoms with Crippen LogP contribution in [0.2, 0.25) is 0 Å². The third-order valence-electron chi connectivity index (χ3n) is 9.34. The molecule has 3 aromatic rings. The monoisotopic (exact) mass is 711 g/mol. The van der Waals surface area contributed by atoms with E-state index in [-0.39, 0.29) is 54.9 Å². The molecule has 3 heterocycles. The van der Waals surface area contributed by atoms with E-state index in [1.807, 2.05) is 56.3 Å². The first kappa shape index (κ1) is 37.9. The molecule has 0 radical (unpaired) electrons. The Morgan fingerprint density at radius 2 is 1.56 bits per heavy atom. The van der Waals surface area contributed by atoms with Gasteiger partial charge in [0.15, 0.2) is 6.61 Å². The second kappa shape index (κ2) is 18.2. The molecule has 0 aromatic heterocycles. The Morgan fingerprint density at radius 3 is 2.31 bits per heavy atom. The smallest absolute Gasteiger partial charge is 0.258 e. The molecule has 3 aliphatic rings. The molecule has 6 rings (SSSR count). The van der Waals surface area contributed by atoms with E-state index in [0.29, 0.717) is 56.7 Å². The zero-order valence-corrected chi connectivity index (χ0v) is 30.1. The predicted octanol–water partition coefficient (Wildman–Crippen LogP) is 3.14. The number of carbonyl (C=O) groups is 5. The number of rotatable bonds is 4. The van der Waals surface area contributed by atoms with Crippen LogP contribution in [0.25, 0.3) is 0 Å². The molecule has 12 nitrogen and oxygen atoms in total. The number of nitrogens with one attached hydrogen (secondary N) is 3. The van der Waals surface area contributed by atoms with Crippen molar-refractivity contribution in [1.82, 2.24) is 25.8 Å². The van der Waals surface area contributed by atoms with Crippen LogP contribution in [0.3, 0.4) is 0 Å². The van der Waals surface area contributed by atoms with E-state index in [9.17, 15) is 24.0 Å². The van der Waals surface area contributed by atoms with Gasteiger partial charge < -0.3 is 35.2 Å². The lowest BCUT2D eigenvalue weighted by atomic mass is 10.0.